The first-order valence-corrected chi connectivity index (χ1v) is 12.3. The lowest BCUT2D eigenvalue weighted by atomic mass is 10.1. The number of carbonyl (C=O) groups excluding carboxylic acids is 1. The van der Waals surface area contributed by atoms with Crippen molar-refractivity contribution >= 4 is 38.9 Å². The molecule has 0 aromatic heterocycles. The highest BCUT2D eigenvalue weighted by Gasteiger charge is 2.19. The Bertz CT molecular complexity index is 1290. The van der Waals surface area contributed by atoms with Crippen molar-refractivity contribution in [1.29, 1.82) is 0 Å². The number of halogens is 1. The van der Waals surface area contributed by atoms with E-state index in [1.54, 1.807) is 32.0 Å². The normalized spacial score (nSPS) is 12.2. The van der Waals surface area contributed by atoms with Crippen LogP contribution in [-0.2, 0) is 14.8 Å². The maximum Gasteiger partial charge on any atom is 0.265 e. The van der Waals surface area contributed by atoms with Gasteiger partial charge in [0.15, 0.2) is 6.10 Å². The molecule has 6 nitrogen and oxygen atoms in total. The van der Waals surface area contributed by atoms with Gasteiger partial charge in [-0.2, -0.15) is 0 Å². The summed E-state index contributed by atoms with van der Waals surface area (Å²) >= 11 is 5.98. The zero-order chi connectivity index (χ0) is 24.3. The maximum absolute atomic E-state index is 12.7. The van der Waals surface area contributed by atoms with Gasteiger partial charge in [0.05, 0.1) is 10.6 Å². The molecule has 0 spiro atoms. The number of hydrogen-bond acceptors (Lipinski definition) is 4. The van der Waals surface area contributed by atoms with Crippen molar-refractivity contribution in [3.8, 4) is 5.75 Å². The molecule has 1 amide bonds. The highest BCUT2D eigenvalue weighted by molar-refractivity contribution is 7.92. The summed E-state index contributed by atoms with van der Waals surface area (Å²) in [5.74, 6) is 0.329. The molecule has 0 radical (unpaired) electrons. The molecule has 0 unspecified atom stereocenters. The molecule has 0 aliphatic heterocycles. The van der Waals surface area contributed by atoms with Crippen LogP contribution in [0, 0.1) is 27.7 Å². The van der Waals surface area contributed by atoms with Crippen molar-refractivity contribution in [2.75, 3.05) is 10.0 Å². The van der Waals surface area contributed by atoms with Gasteiger partial charge in [0.25, 0.3) is 15.9 Å². The minimum Gasteiger partial charge on any atom is -0.481 e. The highest BCUT2D eigenvalue weighted by atomic mass is 35.5. The van der Waals surface area contributed by atoms with Crippen LogP contribution in [0.2, 0.25) is 5.02 Å². The van der Waals surface area contributed by atoms with Gasteiger partial charge in [-0.15, -0.1) is 0 Å². The molecular formula is C25H27ClN2O4S. The van der Waals surface area contributed by atoms with Crippen LogP contribution in [-0.4, -0.2) is 20.4 Å². The minimum absolute atomic E-state index is 0.0648. The predicted molar refractivity (Wildman–Crippen MR) is 133 cm³/mol. The van der Waals surface area contributed by atoms with Gasteiger partial charge in [0.2, 0.25) is 0 Å². The number of hydrogen-bond donors (Lipinski definition) is 2. The number of anilines is 2. The molecule has 2 N–H and O–H groups in total. The SMILES string of the molecule is Cc1cc(C)c(C)c(O[C@@H](C)C(=O)Nc2ccc(S(=O)(=O)Nc3cc(Cl)ccc3C)cc2)c1. The third-order valence-electron chi connectivity index (χ3n) is 5.31. The standard InChI is InChI=1S/C25H27ClN2O4S/c1-15-12-17(3)18(4)24(13-15)32-19(5)25(29)27-21-8-10-22(11-9-21)33(30,31)28-23-14-20(26)7-6-16(23)2/h6-14,19,28H,1-5H3,(H,27,29)/t19-/m0/s1. The second kappa shape index (κ2) is 9.85. The van der Waals surface area contributed by atoms with E-state index in [2.05, 4.69) is 16.1 Å². The van der Waals surface area contributed by atoms with E-state index in [0.29, 0.717) is 22.1 Å². The van der Waals surface area contributed by atoms with Gasteiger partial charge in [-0.1, -0.05) is 23.7 Å². The fourth-order valence-electron chi connectivity index (χ4n) is 3.24. The van der Waals surface area contributed by atoms with Crippen molar-refractivity contribution in [1.82, 2.24) is 0 Å². The molecular weight excluding hydrogens is 460 g/mol. The lowest BCUT2D eigenvalue weighted by Gasteiger charge is -2.18. The zero-order valence-electron chi connectivity index (χ0n) is 19.2. The summed E-state index contributed by atoms with van der Waals surface area (Å²) in [4.78, 5) is 12.7. The number of ether oxygens (including phenoxy) is 1. The average molecular weight is 487 g/mol. The first-order valence-electron chi connectivity index (χ1n) is 10.4. The lowest BCUT2D eigenvalue weighted by molar-refractivity contribution is -0.122. The number of nitrogens with one attached hydrogen (secondary N) is 2. The van der Waals surface area contributed by atoms with Crippen LogP contribution in [0.3, 0.4) is 0 Å². The number of rotatable bonds is 7. The van der Waals surface area contributed by atoms with E-state index >= 15 is 0 Å². The van der Waals surface area contributed by atoms with E-state index in [1.807, 2.05) is 26.8 Å². The van der Waals surface area contributed by atoms with E-state index in [4.69, 9.17) is 16.3 Å². The third kappa shape index (κ3) is 6.06. The van der Waals surface area contributed by atoms with Gasteiger partial charge < -0.3 is 10.1 Å². The number of aryl methyl sites for hydroxylation is 3. The molecule has 0 aliphatic carbocycles. The van der Waals surface area contributed by atoms with Crippen molar-refractivity contribution in [2.45, 2.75) is 45.6 Å². The Morgan fingerprint density at radius 3 is 2.27 bits per heavy atom. The number of amides is 1. The molecule has 3 aromatic rings. The summed E-state index contributed by atoms with van der Waals surface area (Å²) in [5, 5.41) is 3.19. The van der Waals surface area contributed by atoms with Crippen LogP contribution >= 0.6 is 11.6 Å². The van der Waals surface area contributed by atoms with Gasteiger partial charge in [-0.05, 0) is 99.3 Å². The first kappa shape index (κ1) is 24.6. The van der Waals surface area contributed by atoms with Gasteiger partial charge in [-0.3, -0.25) is 9.52 Å². The molecule has 8 heteroatoms. The van der Waals surface area contributed by atoms with Crippen LogP contribution in [0.4, 0.5) is 11.4 Å². The molecule has 0 bridgehead atoms. The first-order chi connectivity index (χ1) is 15.5. The number of carbonyl (C=O) groups is 1. The topological polar surface area (TPSA) is 84.5 Å². The Hall–Kier alpha value is -3.03. The Morgan fingerprint density at radius 2 is 1.61 bits per heavy atom. The number of benzene rings is 3. The Labute approximate surface area is 200 Å². The number of sulfonamides is 1. The molecule has 0 fully saturated rings. The van der Waals surface area contributed by atoms with Gasteiger partial charge in [0, 0.05) is 10.7 Å². The largest absolute Gasteiger partial charge is 0.481 e. The smallest absolute Gasteiger partial charge is 0.265 e. The second-order valence-corrected chi connectivity index (χ2v) is 10.2. The van der Waals surface area contributed by atoms with Gasteiger partial charge in [0.1, 0.15) is 5.75 Å². The lowest BCUT2D eigenvalue weighted by Crippen LogP contribution is -2.30. The fourth-order valence-corrected chi connectivity index (χ4v) is 4.53. The second-order valence-electron chi connectivity index (χ2n) is 8.04. The van der Waals surface area contributed by atoms with Crippen LogP contribution in [0.1, 0.15) is 29.2 Å². The minimum atomic E-state index is -3.81. The maximum atomic E-state index is 12.7. The molecule has 3 aromatic carbocycles. The van der Waals surface area contributed by atoms with Gasteiger partial charge >= 0.3 is 0 Å². The van der Waals surface area contributed by atoms with Crippen LogP contribution < -0.4 is 14.8 Å². The highest BCUT2D eigenvalue weighted by Crippen LogP contribution is 2.26. The fraction of sp³-hybridized carbons (Fsp3) is 0.240. The molecule has 33 heavy (non-hydrogen) atoms. The van der Waals surface area contributed by atoms with Gasteiger partial charge in [-0.25, -0.2) is 8.42 Å². The van der Waals surface area contributed by atoms with E-state index in [-0.39, 0.29) is 10.8 Å². The molecule has 174 valence electrons. The monoisotopic (exact) mass is 486 g/mol. The predicted octanol–water partition coefficient (Wildman–Crippen LogP) is 5.78. The summed E-state index contributed by atoms with van der Waals surface area (Å²) in [6, 6.07) is 14.9. The molecule has 0 aliphatic rings. The van der Waals surface area contributed by atoms with E-state index < -0.39 is 16.1 Å². The van der Waals surface area contributed by atoms with Crippen molar-refractivity contribution in [3.63, 3.8) is 0 Å². The summed E-state index contributed by atoms with van der Waals surface area (Å²) in [6.07, 6.45) is -0.735. The van der Waals surface area contributed by atoms with Crippen molar-refractivity contribution in [3.05, 3.63) is 81.9 Å². The Balaban J connectivity index is 1.68. The zero-order valence-corrected chi connectivity index (χ0v) is 20.8. The third-order valence-corrected chi connectivity index (χ3v) is 6.93. The molecule has 1 atom stereocenters. The van der Waals surface area contributed by atoms with Crippen LogP contribution in [0.15, 0.2) is 59.5 Å². The quantitative estimate of drug-likeness (QED) is 0.443. The summed E-state index contributed by atoms with van der Waals surface area (Å²) < 4.78 is 33.9. The van der Waals surface area contributed by atoms with E-state index in [1.165, 1.54) is 24.3 Å². The van der Waals surface area contributed by atoms with Crippen LogP contribution in [0.5, 0.6) is 5.75 Å². The van der Waals surface area contributed by atoms with Crippen molar-refractivity contribution in [2.24, 2.45) is 0 Å². The Kier molecular flexibility index (Phi) is 7.34. The summed E-state index contributed by atoms with van der Waals surface area (Å²) in [7, 11) is -3.81. The molecule has 0 saturated heterocycles. The van der Waals surface area contributed by atoms with E-state index in [9.17, 15) is 13.2 Å². The van der Waals surface area contributed by atoms with Crippen LogP contribution in [0.25, 0.3) is 0 Å². The Morgan fingerprint density at radius 1 is 0.939 bits per heavy atom. The molecule has 0 saturated carbocycles. The molecule has 0 heterocycles. The molecule has 3 rings (SSSR count). The average Bonchev–Trinajstić information content (AvgIpc) is 2.74. The summed E-state index contributed by atoms with van der Waals surface area (Å²) in [5.41, 5.74) is 4.75. The van der Waals surface area contributed by atoms with E-state index in [0.717, 1.165) is 22.3 Å². The summed E-state index contributed by atoms with van der Waals surface area (Å²) in [6.45, 7) is 9.38. The van der Waals surface area contributed by atoms with Crippen molar-refractivity contribution < 1.29 is 17.9 Å².